The number of rotatable bonds is 7. The monoisotopic (exact) mass is 460 g/mol. The van der Waals surface area contributed by atoms with Crippen LogP contribution in [0.5, 0.6) is 0 Å². The molecule has 0 saturated carbocycles. The first-order valence-corrected chi connectivity index (χ1v) is 10.7. The van der Waals surface area contributed by atoms with Crippen molar-refractivity contribution in [1.82, 2.24) is 0 Å². The maximum atomic E-state index is 12.7. The normalized spacial score (nSPS) is 18.5. The number of esters is 1. The van der Waals surface area contributed by atoms with Crippen LogP contribution in [0.25, 0.3) is 0 Å². The van der Waals surface area contributed by atoms with Crippen LogP contribution in [0.15, 0.2) is 70.6 Å². The van der Waals surface area contributed by atoms with Gasteiger partial charge in [0.2, 0.25) is 0 Å². The molecule has 0 atom stereocenters. The van der Waals surface area contributed by atoms with Gasteiger partial charge >= 0.3 is 21.6 Å². The summed E-state index contributed by atoms with van der Waals surface area (Å²) in [5.41, 5.74) is -3.40. The van der Waals surface area contributed by atoms with E-state index in [1.807, 2.05) is 20.8 Å². The lowest BCUT2D eigenvalue weighted by Crippen LogP contribution is -2.27. The summed E-state index contributed by atoms with van der Waals surface area (Å²) in [6.45, 7) is 8.91. The molecule has 0 saturated heterocycles. The van der Waals surface area contributed by atoms with E-state index < -0.39 is 27.0 Å². The van der Waals surface area contributed by atoms with Crippen molar-refractivity contribution < 1.29 is 35.3 Å². The van der Waals surface area contributed by atoms with Crippen LogP contribution in [0.1, 0.15) is 41.0 Å². The minimum Gasteiger partial charge on any atom is -0.466 e. The second-order valence-corrected chi connectivity index (χ2v) is 9.23. The minimum absolute atomic E-state index is 0.312. The molecular weight excluding hydrogens is 433 g/mol. The van der Waals surface area contributed by atoms with Crippen molar-refractivity contribution in [3.63, 3.8) is 0 Å². The fourth-order valence-electron chi connectivity index (χ4n) is 2.78. The summed E-state index contributed by atoms with van der Waals surface area (Å²) >= 11 is 0. The molecule has 0 N–H and O–H groups in total. The van der Waals surface area contributed by atoms with Gasteiger partial charge in [-0.1, -0.05) is 49.8 Å². The second kappa shape index (κ2) is 10.2. The smallest absolute Gasteiger partial charge is 0.466 e. The zero-order valence-electron chi connectivity index (χ0n) is 18.3. The van der Waals surface area contributed by atoms with Crippen molar-refractivity contribution in [1.29, 1.82) is 0 Å². The highest BCUT2D eigenvalue weighted by Gasteiger charge is 2.49. The molecule has 1 aliphatic rings. The van der Waals surface area contributed by atoms with E-state index in [4.69, 9.17) is 0 Å². The lowest BCUT2D eigenvalue weighted by molar-refractivity contribution is -0.134. The quantitative estimate of drug-likeness (QED) is 0.161. The number of carbonyl (C=O) groups excluding carboxylic acids is 1. The standard InChI is InChI=1S/C22H27F3O5S/c1-15(8-7-9-16(2)14-20(26)29-6)10-11-18-17(3)19(12-13-21(18,4)5)30-31(27,28)22(23,24)25/h7-12,14H,13H2,1-6H3/b9-7+,11-10+,15-8+,16-14-. The lowest BCUT2D eigenvalue weighted by atomic mass is 9.75. The zero-order valence-corrected chi connectivity index (χ0v) is 19.1. The molecule has 31 heavy (non-hydrogen) atoms. The van der Waals surface area contributed by atoms with Crippen molar-refractivity contribution in [2.24, 2.45) is 5.41 Å². The number of hydrogen-bond acceptors (Lipinski definition) is 5. The average molecular weight is 461 g/mol. The van der Waals surface area contributed by atoms with Gasteiger partial charge in [-0.25, -0.2) is 4.79 Å². The molecular formula is C22H27F3O5S. The molecule has 0 aliphatic heterocycles. The molecule has 0 amide bonds. The van der Waals surface area contributed by atoms with Crippen molar-refractivity contribution in [3.05, 3.63) is 70.6 Å². The Morgan fingerprint density at radius 2 is 1.77 bits per heavy atom. The van der Waals surface area contributed by atoms with Crippen LogP contribution in [0.3, 0.4) is 0 Å². The Kier molecular flexibility index (Phi) is 8.69. The maximum absolute atomic E-state index is 12.7. The van der Waals surface area contributed by atoms with Gasteiger partial charge in [-0.3, -0.25) is 0 Å². The number of methoxy groups -OCH3 is 1. The van der Waals surface area contributed by atoms with E-state index in [1.54, 1.807) is 37.3 Å². The van der Waals surface area contributed by atoms with E-state index in [9.17, 15) is 26.4 Å². The van der Waals surface area contributed by atoms with E-state index >= 15 is 0 Å². The van der Waals surface area contributed by atoms with Gasteiger partial charge < -0.3 is 8.92 Å². The number of alkyl halides is 3. The van der Waals surface area contributed by atoms with Crippen molar-refractivity contribution in [2.75, 3.05) is 7.11 Å². The summed E-state index contributed by atoms with van der Waals surface area (Å²) in [4.78, 5) is 11.2. The van der Waals surface area contributed by atoms with Gasteiger partial charge in [0.05, 0.1) is 7.11 Å². The Labute approximate surface area is 181 Å². The fraction of sp³-hybridized carbons (Fsp3) is 0.409. The van der Waals surface area contributed by atoms with E-state index in [-0.39, 0.29) is 5.76 Å². The predicted octanol–water partition coefficient (Wildman–Crippen LogP) is 5.66. The molecule has 0 fully saturated rings. The molecule has 0 aromatic carbocycles. The topological polar surface area (TPSA) is 69.7 Å². The zero-order chi connectivity index (χ0) is 24.0. The largest absolute Gasteiger partial charge is 0.534 e. The van der Waals surface area contributed by atoms with Gasteiger partial charge in [-0.15, -0.1) is 0 Å². The van der Waals surface area contributed by atoms with Crippen LogP contribution in [-0.2, 0) is 23.8 Å². The van der Waals surface area contributed by atoms with E-state index in [0.717, 1.165) is 5.57 Å². The Morgan fingerprint density at radius 3 is 2.32 bits per heavy atom. The lowest BCUT2D eigenvalue weighted by Gasteiger charge is -2.32. The molecule has 1 aliphatic carbocycles. The molecule has 1 rings (SSSR count). The van der Waals surface area contributed by atoms with Gasteiger partial charge in [0, 0.05) is 6.08 Å². The average Bonchev–Trinajstić information content (AvgIpc) is 2.62. The third-order valence-corrected chi connectivity index (χ3v) is 5.53. The summed E-state index contributed by atoms with van der Waals surface area (Å²) in [5.74, 6) is -0.773. The van der Waals surface area contributed by atoms with Gasteiger partial charge in [0.1, 0.15) is 5.76 Å². The highest BCUT2D eigenvalue weighted by atomic mass is 32.2. The highest BCUT2D eigenvalue weighted by molar-refractivity contribution is 7.87. The van der Waals surface area contributed by atoms with Crippen LogP contribution >= 0.6 is 0 Å². The summed E-state index contributed by atoms with van der Waals surface area (Å²) in [6, 6.07) is 0. The van der Waals surface area contributed by atoms with Gasteiger partial charge in [0.15, 0.2) is 0 Å². The van der Waals surface area contributed by atoms with E-state index in [2.05, 4.69) is 8.92 Å². The molecule has 0 aromatic rings. The molecule has 0 radical (unpaired) electrons. The molecule has 5 nitrogen and oxygen atoms in total. The maximum Gasteiger partial charge on any atom is 0.534 e. The van der Waals surface area contributed by atoms with Gasteiger partial charge in [-0.05, 0) is 55.4 Å². The first-order valence-electron chi connectivity index (χ1n) is 9.32. The van der Waals surface area contributed by atoms with Crippen LogP contribution in [0.4, 0.5) is 13.2 Å². The van der Waals surface area contributed by atoms with Crippen LogP contribution < -0.4 is 0 Å². The van der Waals surface area contributed by atoms with Crippen molar-refractivity contribution in [3.8, 4) is 0 Å². The number of halogens is 3. The Hall–Kier alpha value is -2.55. The SMILES string of the molecule is COC(=O)\C=C(C)/C=C/C=C(C)/C=C/C1=C(C)C(OS(=O)(=O)C(F)(F)F)=CCC1(C)C. The van der Waals surface area contributed by atoms with Gasteiger partial charge in [0.25, 0.3) is 0 Å². The number of ether oxygens (including phenoxy) is 1. The summed E-state index contributed by atoms with van der Waals surface area (Å²) in [6.07, 6.45) is 11.8. The fourth-order valence-corrected chi connectivity index (χ4v) is 3.30. The van der Waals surface area contributed by atoms with Crippen LogP contribution in [0.2, 0.25) is 0 Å². The Morgan fingerprint density at radius 1 is 1.16 bits per heavy atom. The Balaban J connectivity index is 3.12. The second-order valence-electron chi connectivity index (χ2n) is 7.69. The summed E-state index contributed by atoms with van der Waals surface area (Å²) < 4.78 is 69.7. The van der Waals surface area contributed by atoms with E-state index in [0.29, 0.717) is 23.1 Å². The molecule has 0 spiro atoms. The van der Waals surface area contributed by atoms with Crippen molar-refractivity contribution >= 4 is 16.1 Å². The highest BCUT2D eigenvalue weighted by Crippen LogP contribution is 2.42. The minimum atomic E-state index is -5.74. The molecule has 0 aromatic heterocycles. The Bertz CT molecular complexity index is 989. The molecule has 0 unspecified atom stereocenters. The van der Waals surface area contributed by atoms with Crippen molar-refractivity contribution in [2.45, 2.75) is 46.5 Å². The van der Waals surface area contributed by atoms with Crippen LogP contribution in [-0.4, -0.2) is 27.0 Å². The van der Waals surface area contributed by atoms with E-state index in [1.165, 1.54) is 26.2 Å². The number of allylic oxidation sites excluding steroid dienone is 10. The first kappa shape index (κ1) is 26.5. The van der Waals surface area contributed by atoms with Crippen LogP contribution in [0, 0.1) is 5.41 Å². The van der Waals surface area contributed by atoms with Gasteiger partial charge in [-0.2, -0.15) is 21.6 Å². The number of carbonyl (C=O) groups is 1. The molecule has 9 heteroatoms. The summed E-state index contributed by atoms with van der Waals surface area (Å²) in [7, 11) is -4.45. The molecule has 0 bridgehead atoms. The molecule has 0 heterocycles. The third-order valence-electron chi connectivity index (χ3n) is 4.56. The first-order chi connectivity index (χ1) is 14.1. The third kappa shape index (κ3) is 7.57. The number of hydrogen-bond donors (Lipinski definition) is 0. The predicted molar refractivity (Wildman–Crippen MR) is 113 cm³/mol. The summed E-state index contributed by atoms with van der Waals surface area (Å²) in [5, 5.41) is 0. The molecule has 172 valence electrons.